The van der Waals surface area contributed by atoms with Gasteiger partial charge in [-0.15, -0.1) is 0 Å². The summed E-state index contributed by atoms with van der Waals surface area (Å²) in [6, 6.07) is -1.13. The first kappa shape index (κ1) is 27.8. The van der Waals surface area contributed by atoms with E-state index < -0.39 is 42.1 Å². The molecule has 0 aliphatic carbocycles. The van der Waals surface area contributed by atoms with Gasteiger partial charge in [0, 0.05) is 6.42 Å². The molecule has 11 nitrogen and oxygen atoms in total. The fourth-order valence-corrected chi connectivity index (χ4v) is 2.79. The second kappa shape index (κ2) is 11.8. The van der Waals surface area contributed by atoms with Gasteiger partial charge in [-0.1, -0.05) is 0 Å². The van der Waals surface area contributed by atoms with E-state index >= 15 is 0 Å². The number of likely N-dealkylation sites (N-methyl/N-ethyl adjacent to an activating group) is 2. The Balaban J connectivity index is 4.74. The minimum atomic E-state index is -1.13. The van der Waals surface area contributed by atoms with E-state index in [0.29, 0.717) is 15.5 Å². The van der Waals surface area contributed by atoms with Gasteiger partial charge in [0.25, 0.3) is 0 Å². The van der Waals surface area contributed by atoms with E-state index in [4.69, 9.17) is 25.4 Å². The van der Waals surface area contributed by atoms with Gasteiger partial charge >= 0.3 is 23.9 Å². The number of hydrogen-bond donors (Lipinski definition) is 3. The van der Waals surface area contributed by atoms with Crippen LogP contribution in [0.3, 0.4) is 0 Å². The van der Waals surface area contributed by atoms with Crippen LogP contribution in [-0.2, 0) is 28.7 Å². The number of rotatable bonds is 14. The number of nitrogens with zero attached hydrogens (tertiary/aromatic N) is 2. The molecule has 0 aliphatic heterocycles. The molecule has 3 atom stereocenters. The zero-order valence-electron chi connectivity index (χ0n) is 18.8. The van der Waals surface area contributed by atoms with Crippen LogP contribution in [0.25, 0.3) is 0 Å². The summed E-state index contributed by atoms with van der Waals surface area (Å²) in [5.74, 6) is -3.63. The maximum atomic E-state index is 12.2. The van der Waals surface area contributed by atoms with Gasteiger partial charge in [-0.25, -0.2) is 0 Å². The fourth-order valence-electron chi connectivity index (χ4n) is 2.79. The molecule has 0 bridgehead atoms. The Kier molecular flexibility index (Phi) is 10.9. The molecule has 0 unspecified atom stereocenters. The first-order chi connectivity index (χ1) is 13.5. The SMILES string of the molecule is C[N+](C)(C)C[C@H](CC(=O)O)OC(=O)CC[C@@H](N)C(=O)O[C@@H](CC(=O)O)C[N+](C)(C)C. The third-order valence-electron chi connectivity index (χ3n) is 3.85. The first-order valence-electron chi connectivity index (χ1n) is 9.68. The van der Waals surface area contributed by atoms with Crippen molar-refractivity contribution in [2.45, 2.75) is 43.9 Å². The summed E-state index contributed by atoms with van der Waals surface area (Å²) in [6.07, 6.45) is -2.58. The van der Waals surface area contributed by atoms with Crippen LogP contribution in [0.15, 0.2) is 0 Å². The predicted molar refractivity (Wildman–Crippen MR) is 107 cm³/mol. The molecular formula is C19H37N3O8+2. The number of ether oxygens (including phenoxy) is 2. The summed E-state index contributed by atoms with van der Waals surface area (Å²) in [4.78, 5) is 46.3. The Bertz CT molecular complexity index is 610. The van der Waals surface area contributed by atoms with Gasteiger partial charge < -0.3 is 34.4 Å². The number of nitrogens with two attached hydrogens (primary N) is 1. The number of carbonyl (C=O) groups excluding carboxylic acids is 2. The average Bonchev–Trinajstić information content (AvgIpc) is 2.47. The molecule has 0 rings (SSSR count). The number of hydrogen-bond acceptors (Lipinski definition) is 7. The lowest BCUT2D eigenvalue weighted by atomic mass is 10.1. The normalized spacial score (nSPS) is 15.0. The summed E-state index contributed by atoms with van der Waals surface area (Å²) in [6.45, 7) is 0.600. The van der Waals surface area contributed by atoms with Crippen LogP contribution >= 0.6 is 0 Å². The third-order valence-corrected chi connectivity index (χ3v) is 3.85. The van der Waals surface area contributed by atoms with E-state index in [2.05, 4.69) is 0 Å². The van der Waals surface area contributed by atoms with E-state index in [1.165, 1.54) is 0 Å². The molecule has 0 fully saturated rings. The summed E-state index contributed by atoms with van der Waals surface area (Å²) >= 11 is 0. The van der Waals surface area contributed by atoms with Crippen LogP contribution in [0.1, 0.15) is 25.7 Å². The van der Waals surface area contributed by atoms with Crippen molar-refractivity contribution in [2.75, 3.05) is 55.4 Å². The largest absolute Gasteiger partial charge is 0.481 e. The molecule has 0 aromatic heterocycles. The van der Waals surface area contributed by atoms with Gasteiger partial charge in [0.1, 0.15) is 19.1 Å². The Morgan fingerprint density at radius 1 is 0.800 bits per heavy atom. The van der Waals surface area contributed by atoms with E-state index in [9.17, 15) is 19.2 Å². The maximum absolute atomic E-state index is 12.2. The van der Waals surface area contributed by atoms with E-state index in [1.54, 1.807) is 0 Å². The Morgan fingerprint density at radius 3 is 1.57 bits per heavy atom. The topological polar surface area (TPSA) is 153 Å². The van der Waals surface area contributed by atoms with Gasteiger partial charge in [-0.3, -0.25) is 19.2 Å². The molecule has 0 saturated heterocycles. The first-order valence-corrected chi connectivity index (χ1v) is 9.68. The molecule has 174 valence electrons. The van der Waals surface area contributed by atoms with Crippen molar-refractivity contribution in [1.29, 1.82) is 0 Å². The van der Waals surface area contributed by atoms with Crippen LogP contribution in [0.5, 0.6) is 0 Å². The lowest BCUT2D eigenvalue weighted by molar-refractivity contribution is -0.873. The van der Waals surface area contributed by atoms with Gasteiger partial charge in [-0.05, 0) is 6.42 Å². The molecule has 0 heterocycles. The van der Waals surface area contributed by atoms with Crippen molar-refractivity contribution in [3.05, 3.63) is 0 Å². The molecule has 0 aliphatic rings. The summed E-state index contributed by atoms with van der Waals surface area (Å²) in [7, 11) is 11.0. The van der Waals surface area contributed by atoms with Gasteiger partial charge in [0.2, 0.25) is 0 Å². The van der Waals surface area contributed by atoms with Crippen LogP contribution in [0.2, 0.25) is 0 Å². The second-order valence-electron chi connectivity index (χ2n) is 9.46. The maximum Gasteiger partial charge on any atom is 0.323 e. The van der Waals surface area contributed by atoms with Crippen LogP contribution in [-0.4, -0.2) is 117 Å². The Labute approximate surface area is 177 Å². The van der Waals surface area contributed by atoms with Crippen molar-refractivity contribution >= 4 is 23.9 Å². The number of aliphatic carboxylic acids is 2. The highest BCUT2D eigenvalue weighted by atomic mass is 16.6. The zero-order valence-corrected chi connectivity index (χ0v) is 18.8. The summed E-state index contributed by atoms with van der Waals surface area (Å²) < 4.78 is 11.3. The lowest BCUT2D eigenvalue weighted by Crippen LogP contribution is -2.46. The van der Waals surface area contributed by atoms with E-state index in [0.717, 1.165) is 0 Å². The number of carboxylic acid groups (broad SMARTS) is 2. The number of carboxylic acids is 2. The highest BCUT2D eigenvalue weighted by Gasteiger charge is 2.29. The van der Waals surface area contributed by atoms with Crippen molar-refractivity contribution < 1.29 is 47.8 Å². The van der Waals surface area contributed by atoms with Crippen LogP contribution in [0, 0.1) is 0 Å². The Morgan fingerprint density at radius 2 is 1.20 bits per heavy atom. The minimum absolute atomic E-state index is 0.0635. The zero-order chi connectivity index (χ0) is 23.7. The van der Waals surface area contributed by atoms with Gasteiger partial charge in [-0.2, -0.15) is 0 Å². The Hall–Kier alpha value is -2.24. The molecule has 11 heteroatoms. The van der Waals surface area contributed by atoms with Crippen LogP contribution < -0.4 is 5.73 Å². The average molecular weight is 436 g/mol. The predicted octanol–water partition coefficient (Wildman–Crippen LogP) is -0.721. The minimum Gasteiger partial charge on any atom is -0.481 e. The molecule has 4 N–H and O–H groups in total. The van der Waals surface area contributed by atoms with Crippen molar-refractivity contribution in [3.63, 3.8) is 0 Å². The highest BCUT2D eigenvalue weighted by Crippen LogP contribution is 2.10. The van der Waals surface area contributed by atoms with Crippen molar-refractivity contribution in [3.8, 4) is 0 Å². The van der Waals surface area contributed by atoms with E-state index in [-0.39, 0.29) is 32.2 Å². The van der Waals surface area contributed by atoms with Crippen molar-refractivity contribution in [1.82, 2.24) is 0 Å². The van der Waals surface area contributed by atoms with Gasteiger partial charge in [0.05, 0.1) is 55.1 Å². The molecule has 0 amide bonds. The van der Waals surface area contributed by atoms with E-state index in [1.807, 2.05) is 42.3 Å². The summed E-state index contributed by atoms with van der Waals surface area (Å²) in [5, 5.41) is 18.0. The lowest BCUT2D eigenvalue weighted by Gasteiger charge is -2.29. The second-order valence-corrected chi connectivity index (χ2v) is 9.46. The fraction of sp³-hybridized carbons (Fsp3) is 0.789. The van der Waals surface area contributed by atoms with Gasteiger partial charge in [0.15, 0.2) is 12.2 Å². The third kappa shape index (κ3) is 14.7. The molecule has 0 aromatic rings. The highest BCUT2D eigenvalue weighted by molar-refractivity contribution is 5.78. The van der Waals surface area contributed by atoms with Crippen molar-refractivity contribution in [2.24, 2.45) is 5.73 Å². The molecule has 30 heavy (non-hydrogen) atoms. The summed E-state index contributed by atoms with van der Waals surface area (Å²) in [5.41, 5.74) is 5.79. The number of esters is 2. The molecular weight excluding hydrogens is 398 g/mol. The monoisotopic (exact) mass is 435 g/mol. The number of quaternary nitrogens is 2. The number of carbonyl (C=O) groups is 4. The quantitative estimate of drug-likeness (QED) is 0.237. The molecule has 0 saturated carbocycles. The smallest absolute Gasteiger partial charge is 0.323 e. The molecule has 0 aromatic carbocycles. The molecule has 0 radical (unpaired) electrons. The standard InChI is InChI=1S/C19H35N3O8/c1-21(2,3)11-13(9-16(23)24)29-18(27)8-7-15(20)19(28)30-14(10-17(25)26)12-22(4,5)6/h13-15H,7-12,20H2,1-6H3/p+2/t13-,14-,15+/m0/s1. The van der Waals surface area contributed by atoms with Crippen LogP contribution in [0.4, 0.5) is 0 Å². The molecule has 0 spiro atoms.